The summed E-state index contributed by atoms with van der Waals surface area (Å²) in [6.45, 7) is 0.873. The summed E-state index contributed by atoms with van der Waals surface area (Å²) in [7, 11) is 0. The summed E-state index contributed by atoms with van der Waals surface area (Å²) in [5.41, 5.74) is 0. The molecule has 4 nitrogen and oxygen atoms in total. The molecule has 0 unspecified atom stereocenters. The van der Waals surface area contributed by atoms with Crippen molar-refractivity contribution in [2.45, 2.75) is 24.7 Å². The number of carbonyl (C=O) groups excluding carboxylic acids is 1. The van der Waals surface area contributed by atoms with Crippen LogP contribution in [0.2, 0.25) is 0 Å². The predicted molar refractivity (Wildman–Crippen MR) is 48.8 cm³/mol. The van der Waals surface area contributed by atoms with Crippen molar-refractivity contribution in [3.63, 3.8) is 0 Å². The normalized spacial score (nSPS) is 31.3. The third-order valence-electron chi connectivity index (χ3n) is 2.83. The fourth-order valence-corrected chi connectivity index (χ4v) is 2.06. The first-order valence-electron chi connectivity index (χ1n) is 5.14. The molecule has 1 amide bonds. The monoisotopic (exact) mass is 238 g/mol. The Labute approximate surface area is 90.7 Å². The van der Waals surface area contributed by atoms with Crippen LogP contribution in [-0.4, -0.2) is 55.4 Å². The first-order valence-corrected chi connectivity index (χ1v) is 5.14. The average molecular weight is 238 g/mol. The van der Waals surface area contributed by atoms with Crippen molar-refractivity contribution in [2.75, 3.05) is 26.2 Å². The van der Waals surface area contributed by atoms with Gasteiger partial charge in [0.15, 0.2) is 0 Å². The number of alkyl halides is 3. The average Bonchev–Trinajstić information content (AvgIpc) is 2.55. The first-order chi connectivity index (χ1) is 7.44. The van der Waals surface area contributed by atoms with Crippen molar-refractivity contribution in [1.29, 1.82) is 0 Å². The molecule has 1 N–H and O–H groups in total. The number of rotatable bonds is 2. The minimum absolute atomic E-state index is 0.00821. The van der Waals surface area contributed by atoms with Gasteiger partial charge < -0.3 is 10.1 Å². The van der Waals surface area contributed by atoms with Crippen molar-refractivity contribution in [2.24, 2.45) is 0 Å². The number of amides is 1. The Bertz CT molecular complexity index is 282. The third-order valence-corrected chi connectivity index (χ3v) is 2.83. The molecule has 2 heterocycles. The highest BCUT2D eigenvalue weighted by Crippen LogP contribution is 2.22. The van der Waals surface area contributed by atoms with Crippen LogP contribution in [0.3, 0.4) is 0 Å². The lowest BCUT2D eigenvalue weighted by Crippen LogP contribution is -2.50. The summed E-state index contributed by atoms with van der Waals surface area (Å²) in [6, 6.07) is -0.158. The number of fused-ring (bicyclic) bond motifs is 1. The van der Waals surface area contributed by atoms with E-state index in [4.69, 9.17) is 4.74 Å². The molecule has 16 heavy (non-hydrogen) atoms. The van der Waals surface area contributed by atoms with E-state index in [1.165, 1.54) is 0 Å². The van der Waals surface area contributed by atoms with Crippen molar-refractivity contribution in [1.82, 2.24) is 10.2 Å². The lowest BCUT2D eigenvalue weighted by molar-refractivity contribution is -0.137. The molecular weight excluding hydrogens is 225 g/mol. The Kier molecular flexibility index (Phi) is 3.07. The molecule has 92 valence electrons. The van der Waals surface area contributed by atoms with E-state index in [1.54, 1.807) is 4.90 Å². The summed E-state index contributed by atoms with van der Waals surface area (Å²) < 4.78 is 41.3. The van der Waals surface area contributed by atoms with Gasteiger partial charge in [0.2, 0.25) is 5.91 Å². The van der Waals surface area contributed by atoms with E-state index in [0.29, 0.717) is 13.1 Å². The van der Waals surface area contributed by atoms with E-state index in [0.717, 1.165) is 0 Å². The van der Waals surface area contributed by atoms with Gasteiger partial charge >= 0.3 is 6.18 Å². The third kappa shape index (κ3) is 2.85. The van der Waals surface area contributed by atoms with Crippen LogP contribution in [0.1, 0.15) is 6.42 Å². The SMILES string of the molecule is O=C1CO[C@H]2CN(CCC(F)(F)F)C[C@@H]2N1. The zero-order chi connectivity index (χ0) is 11.8. The molecule has 7 heteroatoms. The van der Waals surface area contributed by atoms with E-state index in [9.17, 15) is 18.0 Å². The zero-order valence-corrected chi connectivity index (χ0v) is 8.59. The Morgan fingerprint density at radius 3 is 2.88 bits per heavy atom. The minimum Gasteiger partial charge on any atom is -0.365 e. The van der Waals surface area contributed by atoms with Crippen LogP contribution in [0, 0.1) is 0 Å². The zero-order valence-electron chi connectivity index (χ0n) is 8.59. The summed E-state index contributed by atoms with van der Waals surface area (Å²) in [5.74, 6) is -0.195. The highest BCUT2D eigenvalue weighted by molar-refractivity contribution is 5.78. The Morgan fingerprint density at radius 2 is 2.19 bits per heavy atom. The second kappa shape index (κ2) is 4.21. The summed E-state index contributed by atoms with van der Waals surface area (Å²) in [5, 5.41) is 2.72. The van der Waals surface area contributed by atoms with Gasteiger partial charge in [-0.15, -0.1) is 0 Å². The molecule has 2 saturated heterocycles. The predicted octanol–water partition coefficient (Wildman–Crippen LogP) is 0.138. The molecule has 0 saturated carbocycles. The van der Waals surface area contributed by atoms with Gasteiger partial charge in [-0.25, -0.2) is 0 Å². The highest BCUT2D eigenvalue weighted by atomic mass is 19.4. The minimum atomic E-state index is -4.13. The Balaban J connectivity index is 1.81. The molecule has 2 aliphatic heterocycles. The number of nitrogens with zero attached hydrogens (tertiary/aromatic N) is 1. The summed E-state index contributed by atoms with van der Waals surface area (Å²) in [4.78, 5) is 12.7. The number of hydrogen-bond acceptors (Lipinski definition) is 3. The van der Waals surface area contributed by atoms with Gasteiger partial charge in [0.05, 0.1) is 18.6 Å². The van der Waals surface area contributed by atoms with Crippen molar-refractivity contribution < 1.29 is 22.7 Å². The van der Waals surface area contributed by atoms with Crippen LogP contribution in [0.25, 0.3) is 0 Å². The van der Waals surface area contributed by atoms with Gasteiger partial charge in [-0.2, -0.15) is 13.2 Å². The van der Waals surface area contributed by atoms with Crippen LogP contribution in [0.5, 0.6) is 0 Å². The van der Waals surface area contributed by atoms with Crippen molar-refractivity contribution in [3.05, 3.63) is 0 Å². The molecule has 0 spiro atoms. The number of ether oxygens (including phenoxy) is 1. The van der Waals surface area contributed by atoms with Crippen LogP contribution < -0.4 is 5.32 Å². The smallest absolute Gasteiger partial charge is 0.365 e. The van der Waals surface area contributed by atoms with Crippen LogP contribution in [-0.2, 0) is 9.53 Å². The summed E-state index contributed by atoms with van der Waals surface area (Å²) >= 11 is 0. The molecule has 2 aliphatic rings. The molecule has 2 fully saturated rings. The molecule has 0 aromatic rings. The van der Waals surface area contributed by atoms with Gasteiger partial charge in [-0.05, 0) is 0 Å². The largest absolute Gasteiger partial charge is 0.390 e. The molecule has 2 atom stereocenters. The standard InChI is InChI=1S/C9H13F3N2O2/c10-9(11,12)1-2-14-3-6-7(4-14)16-5-8(15)13-6/h6-7H,1-5H2,(H,13,15)/t6-,7-/m0/s1. The Hall–Kier alpha value is -0.820. The number of halogens is 3. The van der Waals surface area contributed by atoms with E-state index in [-0.39, 0.29) is 31.2 Å². The number of hydrogen-bond donors (Lipinski definition) is 1. The van der Waals surface area contributed by atoms with Crippen LogP contribution in [0.15, 0.2) is 0 Å². The lowest BCUT2D eigenvalue weighted by Gasteiger charge is -2.25. The number of carbonyl (C=O) groups is 1. The maximum absolute atomic E-state index is 12.0. The van der Waals surface area contributed by atoms with Crippen LogP contribution >= 0.6 is 0 Å². The second-order valence-corrected chi connectivity index (χ2v) is 4.15. The molecule has 0 aromatic carbocycles. The summed E-state index contributed by atoms with van der Waals surface area (Å²) in [6.07, 6.45) is -5.11. The number of morpholine rings is 1. The van der Waals surface area contributed by atoms with Gasteiger partial charge in [0.25, 0.3) is 0 Å². The fourth-order valence-electron chi connectivity index (χ4n) is 2.06. The highest BCUT2D eigenvalue weighted by Gasteiger charge is 2.39. The topological polar surface area (TPSA) is 41.6 Å². The first kappa shape index (κ1) is 11.7. The molecule has 0 bridgehead atoms. The number of nitrogens with one attached hydrogen (secondary N) is 1. The molecule has 0 aromatic heterocycles. The van der Waals surface area contributed by atoms with E-state index >= 15 is 0 Å². The van der Waals surface area contributed by atoms with E-state index in [2.05, 4.69) is 5.32 Å². The molecule has 0 radical (unpaired) electrons. The van der Waals surface area contributed by atoms with E-state index in [1.807, 2.05) is 0 Å². The van der Waals surface area contributed by atoms with E-state index < -0.39 is 12.6 Å². The maximum Gasteiger partial charge on any atom is 0.390 e. The second-order valence-electron chi connectivity index (χ2n) is 4.15. The quantitative estimate of drug-likeness (QED) is 0.744. The molecule has 2 rings (SSSR count). The maximum atomic E-state index is 12.0. The van der Waals surface area contributed by atoms with Crippen molar-refractivity contribution in [3.8, 4) is 0 Å². The van der Waals surface area contributed by atoms with Crippen molar-refractivity contribution >= 4 is 5.91 Å². The molecule has 0 aliphatic carbocycles. The molecular formula is C9H13F3N2O2. The van der Waals surface area contributed by atoms with Gasteiger partial charge in [0, 0.05) is 19.6 Å². The Morgan fingerprint density at radius 1 is 1.44 bits per heavy atom. The fraction of sp³-hybridized carbons (Fsp3) is 0.889. The van der Waals surface area contributed by atoms with Crippen LogP contribution in [0.4, 0.5) is 13.2 Å². The van der Waals surface area contributed by atoms with Gasteiger partial charge in [0.1, 0.15) is 6.61 Å². The van der Waals surface area contributed by atoms with Gasteiger partial charge in [-0.1, -0.05) is 0 Å². The number of likely N-dealkylation sites (tertiary alicyclic amines) is 1. The lowest BCUT2D eigenvalue weighted by atomic mass is 10.2. The van der Waals surface area contributed by atoms with Gasteiger partial charge in [-0.3, -0.25) is 9.69 Å².